The van der Waals surface area contributed by atoms with Crippen molar-refractivity contribution in [2.24, 2.45) is 11.0 Å². The summed E-state index contributed by atoms with van der Waals surface area (Å²) >= 11 is 1.58. The number of fused-ring (bicyclic) bond motifs is 1. The first-order chi connectivity index (χ1) is 13.0. The molecule has 0 saturated heterocycles. The van der Waals surface area contributed by atoms with Crippen LogP contribution in [-0.4, -0.2) is 17.5 Å². The Labute approximate surface area is 163 Å². The van der Waals surface area contributed by atoms with Crippen LogP contribution in [0.1, 0.15) is 59.3 Å². The quantitative estimate of drug-likeness (QED) is 0.594. The zero-order chi connectivity index (χ0) is 19.4. The van der Waals surface area contributed by atoms with Gasteiger partial charge in [0.25, 0.3) is 5.91 Å². The van der Waals surface area contributed by atoms with Crippen molar-refractivity contribution in [3.05, 3.63) is 51.2 Å². The number of amides is 2. The summed E-state index contributed by atoms with van der Waals surface area (Å²) in [5, 5.41) is 6.99. The van der Waals surface area contributed by atoms with E-state index in [9.17, 15) is 9.59 Å². The lowest BCUT2D eigenvalue weighted by molar-refractivity contribution is -0.114. The average Bonchev–Trinajstić information content (AvgIpc) is 3.08. The summed E-state index contributed by atoms with van der Waals surface area (Å²) in [6, 6.07) is 9.42. The van der Waals surface area contributed by atoms with Gasteiger partial charge in [-0.05, 0) is 61.4 Å². The number of thiophene rings is 1. The predicted octanol–water partition coefficient (Wildman–Crippen LogP) is 4.38. The molecule has 2 amide bonds. The van der Waals surface area contributed by atoms with Crippen LogP contribution in [0.2, 0.25) is 0 Å². The summed E-state index contributed by atoms with van der Waals surface area (Å²) in [5.41, 5.74) is 6.22. The second kappa shape index (κ2) is 8.48. The van der Waals surface area contributed by atoms with E-state index >= 15 is 0 Å². The highest BCUT2D eigenvalue weighted by Gasteiger charge is 2.22. The number of carbonyl (C=O) groups is 2. The summed E-state index contributed by atoms with van der Waals surface area (Å²) in [5.74, 6) is 0.445. The Morgan fingerprint density at radius 2 is 2.07 bits per heavy atom. The van der Waals surface area contributed by atoms with Crippen LogP contribution in [0.5, 0.6) is 0 Å². The van der Waals surface area contributed by atoms with Gasteiger partial charge in [-0.3, -0.25) is 9.59 Å². The SMILES string of the molecule is CC[C@H]1CCc2sc(C(=O)N/N=C(/C)c3cccc(NC(C)=O)c3)cc2C1. The zero-order valence-electron chi connectivity index (χ0n) is 16.0. The Bertz CT molecular complexity index is 885. The van der Waals surface area contributed by atoms with E-state index in [-0.39, 0.29) is 11.8 Å². The van der Waals surface area contributed by atoms with E-state index in [4.69, 9.17) is 0 Å². The number of rotatable bonds is 5. The average molecular weight is 384 g/mol. The predicted molar refractivity (Wildman–Crippen MR) is 111 cm³/mol. The number of benzene rings is 1. The minimum absolute atomic E-state index is 0.123. The molecule has 0 bridgehead atoms. The standard InChI is InChI=1S/C21H25N3O2S/c1-4-15-8-9-19-17(10-15)12-20(27-19)21(26)24-23-13(2)16-6-5-7-18(11-16)22-14(3)25/h5-7,11-12,15H,4,8-10H2,1-3H3,(H,22,25)(H,24,26)/b23-13-/t15-/m0/s1. The molecule has 142 valence electrons. The fourth-order valence-corrected chi connectivity index (χ4v) is 4.44. The highest BCUT2D eigenvalue weighted by atomic mass is 32.1. The van der Waals surface area contributed by atoms with Crippen molar-refractivity contribution in [2.45, 2.75) is 46.5 Å². The number of aryl methyl sites for hydroxylation is 1. The molecule has 1 aliphatic rings. The number of nitrogens with one attached hydrogen (secondary N) is 2. The fraction of sp³-hybridized carbons (Fsp3) is 0.381. The van der Waals surface area contributed by atoms with Gasteiger partial charge in [-0.1, -0.05) is 25.5 Å². The topological polar surface area (TPSA) is 70.6 Å². The Kier molecular flexibility index (Phi) is 6.06. The number of hydrazone groups is 1. The lowest BCUT2D eigenvalue weighted by atomic mass is 9.87. The van der Waals surface area contributed by atoms with E-state index in [1.807, 2.05) is 37.3 Å². The molecule has 0 aliphatic heterocycles. The van der Waals surface area contributed by atoms with Crippen LogP contribution in [0.15, 0.2) is 35.4 Å². The molecule has 0 saturated carbocycles. The van der Waals surface area contributed by atoms with Gasteiger partial charge in [0, 0.05) is 17.5 Å². The molecule has 1 heterocycles. The van der Waals surface area contributed by atoms with E-state index in [2.05, 4.69) is 22.8 Å². The van der Waals surface area contributed by atoms with Crippen molar-refractivity contribution in [3.8, 4) is 0 Å². The van der Waals surface area contributed by atoms with Gasteiger partial charge in [-0.2, -0.15) is 5.10 Å². The number of hydrogen-bond donors (Lipinski definition) is 2. The third-order valence-electron chi connectivity index (χ3n) is 4.91. The monoisotopic (exact) mass is 383 g/mol. The van der Waals surface area contributed by atoms with Crippen molar-refractivity contribution in [2.75, 3.05) is 5.32 Å². The minimum Gasteiger partial charge on any atom is -0.326 e. The molecule has 1 aliphatic carbocycles. The Morgan fingerprint density at radius 1 is 1.26 bits per heavy atom. The second-order valence-electron chi connectivity index (χ2n) is 6.98. The second-order valence-corrected chi connectivity index (χ2v) is 8.11. The van der Waals surface area contributed by atoms with E-state index in [0.29, 0.717) is 11.4 Å². The summed E-state index contributed by atoms with van der Waals surface area (Å²) in [6.07, 6.45) is 4.56. The zero-order valence-corrected chi connectivity index (χ0v) is 16.8. The first-order valence-electron chi connectivity index (χ1n) is 9.30. The Morgan fingerprint density at radius 3 is 2.81 bits per heavy atom. The molecule has 2 aromatic rings. The first kappa shape index (κ1) is 19.3. The summed E-state index contributed by atoms with van der Waals surface area (Å²) < 4.78 is 0. The van der Waals surface area contributed by atoms with Gasteiger partial charge in [0.05, 0.1) is 10.6 Å². The van der Waals surface area contributed by atoms with Crippen LogP contribution >= 0.6 is 11.3 Å². The van der Waals surface area contributed by atoms with Crippen molar-refractivity contribution >= 4 is 34.6 Å². The molecule has 1 aromatic carbocycles. The maximum Gasteiger partial charge on any atom is 0.281 e. The third-order valence-corrected chi connectivity index (χ3v) is 6.15. The van der Waals surface area contributed by atoms with Crippen molar-refractivity contribution in [1.82, 2.24) is 5.43 Å². The van der Waals surface area contributed by atoms with E-state index in [0.717, 1.165) is 29.2 Å². The van der Waals surface area contributed by atoms with E-state index in [1.165, 1.54) is 30.2 Å². The lowest BCUT2D eigenvalue weighted by Crippen LogP contribution is -2.18. The van der Waals surface area contributed by atoms with Crippen molar-refractivity contribution in [3.63, 3.8) is 0 Å². The van der Waals surface area contributed by atoms with E-state index < -0.39 is 0 Å². The molecule has 2 N–H and O–H groups in total. The summed E-state index contributed by atoms with van der Waals surface area (Å²) in [7, 11) is 0. The van der Waals surface area contributed by atoms with Crippen LogP contribution < -0.4 is 10.7 Å². The highest BCUT2D eigenvalue weighted by Crippen LogP contribution is 2.33. The third kappa shape index (κ3) is 4.83. The maximum atomic E-state index is 12.5. The molecule has 0 unspecified atom stereocenters. The van der Waals surface area contributed by atoms with Crippen LogP contribution in [0, 0.1) is 5.92 Å². The molecular weight excluding hydrogens is 358 g/mol. The molecule has 27 heavy (non-hydrogen) atoms. The molecule has 0 spiro atoms. The maximum absolute atomic E-state index is 12.5. The fourth-order valence-electron chi connectivity index (χ4n) is 3.34. The van der Waals surface area contributed by atoms with Gasteiger partial charge >= 0.3 is 0 Å². The summed E-state index contributed by atoms with van der Waals surface area (Å²) in [6.45, 7) is 5.53. The molecule has 0 radical (unpaired) electrons. The van der Waals surface area contributed by atoms with Crippen LogP contribution in [0.25, 0.3) is 0 Å². The van der Waals surface area contributed by atoms with Crippen LogP contribution in [0.3, 0.4) is 0 Å². The molecule has 0 fully saturated rings. The molecular formula is C21H25N3O2S. The minimum atomic E-state index is -0.167. The van der Waals surface area contributed by atoms with Gasteiger partial charge in [-0.25, -0.2) is 5.43 Å². The molecule has 1 atom stereocenters. The number of anilines is 1. The first-order valence-corrected chi connectivity index (χ1v) is 10.1. The molecule has 5 nitrogen and oxygen atoms in total. The Balaban J connectivity index is 1.68. The van der Waals surface area contributed by atoms with Crippen molar-refractivity contribution in [1.29, 1.82) is 0 Å². The number of nitrogens with zero attached hydrogens (tertiary/aromatic N) is 1. The normalized spacial score (nSPS) is 16.6. The van der Waals surface area contributed by atoms with Gasteiger partial charge < -0.3 is 5.32 Å². The molecule has 1 aromatic heterocycles. The number of carbonyl (C=O) groups excluding carboxylic acids is 2. The van der Waals surface area contributed by atoms with Gasteiger partial charge in [-0.15, -0.1) is 11.3 Å². The van der Waals surface area contributed by atoms with Crippen LogP contribution in [-0.2, 0) is 17.6 Å². The van der Waals surface area contributed by atoms with Gasteiger partial charge in [0.1, 0.15) is 0 Å². The molecule has 6 heteroatoms. The largest absolute Gasteiger partial charge is 0.326 e. The van der Waals surface area contributed by atoms with Gasteiger partial charge in [0.15, 0.2) is 0 Å². The smallest absolute Gasteiger partial charge is 0.281 e. The highest BCUT2D eigenvalue weighted by molar-refractivity contribution is 7.14. The number of hydrogen-bond acceptors (Lipinski definition) is 4. The molecule has 3 rings (SSSR count). The van der Waals surface area contributed by atoms with Gasteiger partial charge in [0.2, 0.25) is 5.91 Å². The Hall–Kier alpha value is -2.47. The van der Waals surface area contributed by atoms with E-state index in [1.54, 1.807) is 11.3 Å². The van der Waals surface area contributed by atoms with Crippen LogP contribution in [0.4, 0.5) is 5.69 Å². The van der Waals surface area contributed by atoms with Crippen molar-refractivity contribution < 1.29 is 9.59 Å². The summed E-state index contributed by atoms with van der Waals surface area (Å²) in [4.78, 5) is 25.8. The lowest BCUT2D eigenvalue weighted by Gasteiger charge is -2.19.